The molecule has 0 radical (unpaired) electrons. The first-order valence-electron chi connectivity index (χ1n) is 13.6. The Labute approximate surface area is 238 Å². The predicted octanol–water partition coefficient (Wildman–Crippen LogP) is 6.31. The number of amides is 2. The summed E-state index contributed by atoms with van der Waals surface area (Å²) < 4.78 is 7.50. The molecular weight excluding hydrogens is 516 g/mol. The van der Waals surface area contributed by atoms with Gasteiger partial charge in [-0.05, 0) is 75.9 Å². The Bertz CT molecular complexity index is 1710. The number of fused-ring (bicyclic) bond motifs is 1. The lowest BCUT2D eigenvalue weighted by atomic mass is 10.1. The zero-order chi connectivity index (χ0) is 29.3. The molecule has 1 atom stereocenters. The number of carbonyl (C=O) groups excluding carboxylic acids is 2. The number of carbonyl (C=O) groups is 2. The van der Waals surface area contributed by atoms with E-state index in [0.717, 1.165) is 39.1 Å². The van der Waals surface area contributed by atoms with Crippen molar-refractivity contribution >= 4 is 28.8 Å². The van der Waals surface area contributed by atoms with Gasteiger partial charge in [0.25, 0.3) is 11.8 Å². The molecule has 0 saturated carbocycles. The molecule has 0 spiro atoms. The van der Waals surface area contributed by atoms with E-state index in [1.165, 1.54) is 4.63 Å². The van der Waals surface area contributed by atoms with Crippen LogP contribution in [-0.4, -0.2) is 37.7 Å². The zero-order valence-electron chi connectivity index (χ0n) is 24.1. The van der Waals surface area contributed by atoms with E-state index in [4.69, 9.17) is 4.74 Å². The van der Waals surface area contributed by atoms with E-state index >= 15 is 0 Å². The number of hydrogen-bond donors (Lipinski definition) is 3. The summed E-state index contributed by atoms with van der Waals surface area (Å²) in [6.07, 6.45) is -0.119. The van der Waals surface area contributed by atoms with Crippen LogP contribution in [0.1, 0.15) is 51.7 Å². The Balaban J connectivity index is 1.29. The van der Waals surface area contributed by atoms with E-state index in [9.17, 15) is 9.59 Å². The van der Waals surface area contributed by atoms with Crippen LogP contribution in [-0.2, 0) is 4.79 Å². The van der Waals surface area contributed by atoms with E-state index in [-0.39, 0.29) is 11.8 Å². The van der Waals surface area contributed by atoms with E-state index in [1.54, 1.807) is 6.07 Å². The predicted molar refractivity (Wildman–Crippen MR) is 161 cm³/mol. The van der Waals surface area contributed by atoms with Crippen LogP contribution in [0.4, 0.5) is 11.4 Å². The molecule has 0 fully saturated rings. The average Bonchev–Trinajstić information content (AvgIpc) is 3.50. The summed E-state index contributed by atoms with van der Waals surface area (Å²) in [5.74, 6) is 0.653. The standard InChI is InChI=1S/C32H34N6O3/c1-7-26(41-27-12-11-18(2)13-20(27)4)32(40)33-24-10-8-9-23(16-24)30-34-28-17-25(36-38(28)37-30)31(39)35-29-21(5)14-19(3)15-22(29)6/h8-17,26,36H,7H2,1-6H3,(H,33,40)(H,35,39). The minimum absolute atomic E-state index is 0.232. The van der Waals surface area contributed by atoms with Gasteiger partial charge in [0, 0.05) is 23.0 Å². The summed E-state index contributed by atoms with van der Waals surface area (Å²) in [5, 5.41) is 13.5. The molecule has 5 rings (SSSR count). The largest absolute Gasteiger partial charge is 0.480 e. The van der Waals surface area contributed by atoms with Crippen LogP contribution in [0.25, 0.3) is 17.0 Å². The summed E-state index contributed by atoms with van der Waals surface area (Å²) >= 11 is 0. The van der Waals surface area contributed by atoms with Gasteiger partial charge in [0.15, 0.2) is 17.6 Å². The maximum atomic E-state index is 13.1. The molecule has 0 aliphatic carbocycles. The maximum absolute atomic E-state index is 13.1. The third kappa shape index (κ3) is 5.99. The molecular formula is C32H34N6O3. The van der Waals surface area contributed by atoms with Crippen molar-refractivity contribution in [1.82, 2.24) is 19.8 Å². The highest BCUT2D eigenvalue weighted by Crippen LogP contribution is 2.25. The van der Waals surface area contributed by atoms with Crippen LogP contribution in [0.2, 0.25) is 0 Å². The number of nitrogens with one attached hydrogen (secondary N) is 3. The average molecular weight is 551 g/mol. The van der Waals surface area contributed by atoms with Crippen LogP contribution >= 0.6 is 0 Å². The van der Waals surface area contributed by atoms with Gasteiger partial charge < -0.3 is 15.4 Å². The molecule has 9 nitrogen and oxygen atoms in total. The molecule has 9 heteroatoms. The second-order valence-corrected chi connectivity index (χ2v) is 10.5. The molecule has 41 heavy (non-hydrogen) atoms. The monoisotopic (exact) mass is 550 g/mol. The third-order valence-corrected chi connectivity index (χ3v) is 6.94. The fourth-order valence-electron chi connectivity index (χ4n) is 4.94. The first-order valence-corrected chi connectivity index (χ1v) is 13.6. The lowest BCUT2D eigenvalue weighted by Crippen LogP contribution is -2.32. The van der Waals surface area contributed by atoms with Gasteiger partial charge in [0.1, 0.15) is 11.4 Å². The highest BCUT2D eigenvalue weighted by atomic mass is 16.5. The van der Waals surface area contributed by atoms with Gasteiger partial charge in [-0.2, -0.15) is 4.63 Å². The topological polar surface area (TPSA) is 113 Å². The Hall–Kier alpha value is -4.92. The molecule has 0 aliphatic rings. The lowest BCUT2D eigenvalue weighted by Gasteiger charge is -2.19. The Morgan fingerprint density at radius 3 is 2.32 bits per heavy atom. The fraction of sp³-hybridized carbons (Fsp3) is 0.250. The van der Waals surface area contributed by atoms with Crippen molar-refractivity contribution in [2.45, 2.75) is 54.1 Å². The van der Waals surface area contributed by atoms with Gasteiger partial charge in [-0.25, -0.2) is 4.98 Å². The van der Waals surface area contributed by atoms with Crippen molar-refractivity contribution < 1.29 is 14.3 Å². The van der Waals surface area contributed by atoms with Crippen LogP contribution in [0, 0.1) is 34.6 Å². The normalized spacial score (nSPS) is 11.9. The summed E-state index contributed by atoms with van der Waals surface area (Å²) in [7, 11) is 0. The third-order valence-electron chi connectivity index (χ3n) is 6.94. The van der Waals surface area contributed by atoms with Crippen molar-refractivity contribution in [3.63, 3.8) is 0 Å². The molecule has 2 aromatic heterocycles. The SMILES string of the molecule is CCC(Oc1ccc(C)cc1C)C(=O)Nc1cccc(-c2nc3cc(C(=O)Nc4c(C)cc(C)cc4C)[nH]n3n2)c1. The van der Waals surface area contributed by atoms with E-state index in [0.29, 0.717) is 35.0 Å². The summed E-state index contributed by atoms with van der Waals surface area (Å²) in [4.78, 5) is 30.6. The van der Waals surface area contributed by atoms with Crippen molar-refractivity contribution in [1.29, 1.82) is 0 Å². The number of ether oxygens (including phenoxy) is 1. The minimum atomic E-state index is -0.638. The summed E-state index contributed by atoms with van der Waals surface area (Å²) in [5.41, 5.74) is 8.26. The van der Waals surface area contributed by atoms with Crippen molar-refractivity contribution in [2.75, 3.05) is 10.6 Å². The first kappa shape index (κ1) is 27.6. The molecule has 0 bridgehead atoms. The van der Waals surface area contributed by atoms with E-state index < -0.39 is 6.10 Å². The fourth-order valence-corrected chi connectivity index (χ4v) is 4.94. The van der Waals surface area contributed by atoms with Crippen LogP contribution < -0.4 is 15.4 Å². The number of benzene rings is 3. The number of anilines is 2. The minimum Gasteiger partial charge on any atom is -0.480 e. The zero-order valence-corrected chi connectivity index (χ0v) is 24.1. The number of aromatic nitrogens is 4. The number of H-pyrrole nitrogens is 1. The number of rotatable bonds is 8. The van der Waals surface area contributed by atoms with Gasteiger partial charge in [-0.3, -0.25) is 14.7 Å². The molecule has 2 heterocycles. The summed E-state index contributed by atoms with van der Waals surface area (Å²) in [6, 6.07) is 18.9. The van der Waals surface area contributed by atoms with Crippen LogP contribution in [0.3, 0.4) is 0 Å². The van der Waals surface area contributed by atoms with Gasteiger partial charge >= 0.3 is 0 Å². The Morgan fingerprint density at radius 2 is 1.63 bits per heavy atom. The number of aryl methyl sites for hydroxylation is 5. The Kier molecular flexibility index (Phi) is 7.61. The molecule has 3 N–H and O–H groups in total. The van der Waals surface area contributed by atoms with Gasteiger partial charge in [0.05, 0.1) is 0 Å². The molecule has 5 aromatic rings. The molecule has 2 amide bonds. The van der Waals surface area contributed by atoms with Crippen LogP contribution in [0.5, 0.6) is 5.75 Å². The Morgan fingerprint density at radius 1 is 0.902 bits per heavy atom. The van der Waals surface area contributed by atoms with Crippen molar-refractivity contribution in [3.05, 3.63) is 94.2 Å². The van der Waals surface area contributed by atoms with Gasteiger partial charge in [0.2, 0.25) is 0 Å². The molecule has 0 saturated heterocycles. The molecule has 3 aromatic carbocycles. The van der Waals surface area contributed by atoms with Gasteiger partial charge in [-0.15, -0.1) is 5.10 Å². The van der Waals surface area contributed by atoms with E-state index in [2.05, 4.69) is 25.8 Å². The summed E-state index contributed by atoms with van der Waals surface area (Å²) in [6.45, 7) is 11.9. The first-order chi connectivity index (χ1) is 19.6. The molecule has 210 valence electrons. The quantitative estimate of drug-likeness (QED) is 0.209. The second kappa shape index (κ2) is 11.3. The highest BCUT2D eigenvalue weighted by molar-refractivity contribution is 6.04. The van der Waals surface area contributed by atoms with Crippen LogP contribution in [0.15, 0.2) is 60.7 Å². The van der Waals surface area contributed by atoms with E-state index in [1.807, 2.05) is 96.1 Å². The smallest absolute Gasteiger partial charge is 0.273 e. The number of nitrogens with zero attached hydrogens (tertiary/aromatic N) is 3. The van der Waals surface area contributed by atoms with Crippen molar-refractivity contribution in [2.24, 2.45) is 0 Å². The molecule has 0 aliphatic heterocycles. The highest BCUT2D eigenvalue weighted by Gasteiger charge is 2.20. The maximum Gasteiger partial charge on any atom is 0.273 e. The number of hydrogen-bond acceptors (Lipinski definition) is 5. The lowest BCUT2D eigenvalue weighted by molar-refractivity contribution is -0.122. The number of aromatic amines is 1. The van der Waals surface area contributed by atoms with Crippen molar-refractivity contribution in [3.8, 4) is 17.1 Å². The van der Waals surface area contributed by atoms with Gasteiger partial charge in [-0.1, -0.05) is 54.4 Å². The second-order valence-electron chi connectivity index (χ2n) is 10.5. The molecule has 1 unspecified atom stereocenters.